The standard InChI is InChI=1S/C20H19NO2.ClH/c1-3-13-21(2)19-12-10-15-9-11-17(14-18(15)19)23-20(22)16-7-5-4-6-8-16;/h1,4-9,11,14,19H,10,12-13H2,2H3;1H/t19-;/m1./s1. The fourth-order valence-corrected chi connectivity index (χ4v) is 3.07. The van der Waals surface area contributed by atoms with Gasteiger partial charge in [-0.25, -0.2) is 4.79 Å². The van der Waals surface area contributed by atoms with Crippen molar-refractivity contribution in [3.8, 4) is 18.1 Å². The Kier molecular flexibility index (Phi) is 6.03. The molecular formula is C20H20ClNO2. The van der Waals surface area contributed by atoms with Gasteiger partial charge < -0.3 is 4.74 Å². The lowest BCUT2D eigenvalue weighted by Crippen LogP contribution is -2.23. The van der Waals surface area contributed by atoms with Crippen LogP contribution in [0.25, 0.3) is 0 Å². The Morgan fingerprint density at radius 2 is 2.04 bits per heavy atom. The molecule has 0 fully saturated rings. The van der Waals surface area contributed by atoms with Crippen molar-refractivity contribution in [2.75, 3.05) is 13.6 Å². The molecule has 0 aliphatic heterocycles. The summed E-state index contributed by atoms with van der Waals surface area (Å²) in [5, 5.41) is 0. The molecule has 1 atom stereocenters. The van der Waals surface area contributed by atoms with E-state index in [1.807, 2.05) is 43.4 Å². The molecule has 124 valence electrons. The molecule has 4 heteroatoms. The quantitative estimate of drug-likeness (QED) is 0.480. The van der Waals surface area contributed by atoms with Gasteiger partial charge in [0.05, 0.1) is 12.1 Å². The summed E-state index contributed by atoms with van der Waals surface area (Å²) in [4.78, 5) is 14.3. The Hall–Kier alpha value is -2.28. The highest BCUT2D eigenvalue weighted by molar-refractivity contribution is 5.91. The average molecular weight is 342 g/mol. The minimum Gasteiger partial charge on any atom is -0.423 e. The molecule has 0 unspecified atom stereocenters. The number of aryl methyl sites for hydroxylation is 1. The van der Waals surface area contributed by atoms with Crippen LogP contribution in [-0.2, 0) is 6.42 Å². The zero-order valence-electron chi connectivity index (χ0n) is 13.6. The first kappa shape index (κ1) is 18.1. The molecule has 0 bridgehead atoms. The molecule has 0 aromatic heterocycles. The van der Waals surface area contributed by atoms with Crippen molar-refractivity contribution in [3.05, 3.63) is 65.2 Å². The number of carbonyl (C=O) groups is 1. The monoisotopic (exact) mass is 341 g/mol. The summed E-state index contributed by atoms with van der Waals surface area (Å²) in [7, 11) is 2.03. The number of nitrogens with zero attached hydrogens (tertiary/aromatic N) is 1. The number of esters is 1. The van der Waals surface area contributed by atoms with E-state index in [1.54, 1.807) is 12.1 Å². The first-order valence-electron chi connectivity index (χ1n) is 7.73. The number of hydrogen-bond acceptors (Lipinski definition) is 3. The van der Waals surface area contributed by atoms with Crippen LogP contribution in [0.1, 0.15) is 33.9 Å². The number of fused-ring (bicyclic) bond motifs is 1. The molecule has 0 radical (unpaired) electrons. The number of ether oxygens (including phenoxy) is 1. The van der Waals surface area contributed by atoms with E-state index in [1.165, 1.54) is 11.1 Å². The van der Waals surface area contributed by atoms with Gasteiger partial charge in [-0.1, -0.05) is 30.2 Å². The summed E-state index contributed by atoms with van der Waals surface area (Å²) in [6.07, 6.45) is 7.49. The van der Waals surface area contributed by atoms with Crippen molar-refractivity contribution in [1.29, 1.82) is 0 Å². The average Bonchev–Trinajstić information content (AvgIpc) is 2.99. The lowest BCUT2D eigenvalue weighted by Gasteiger charge is -2.23. The van der Waals surface area contributed by atoms with E-state index in [0.717, 1.165) is 12.8 Å². The van der Waals surface area contributed by atoms with Crippen LogP contribution in [0, 0.1) is 12.3 Å². The number of benzene rings is 2. The zero-order chi connectivity index (χ0) is 16.2. The smallest absolute Gasteiger partial charge is 0.343 e. The summed E-state index contributed by atoms with van der Waals surface area (Å²) >= 11 is 0. The Bertz CT molecular complexity index is 752. The number of terminal acetylenes is 1. The number of rotatable bonds is 4. The van der Waals surface area contributed by atoms with Gasteiger partial charge >= 0.3 is 5.97 Å². The van der Waals surface area contributed by atoms with E-state index in [4.69, 9.17) is 11.2 Å². The van der Waals surface area contributed by atoms with E-state index in [0.29, 0.717) is 17.9 Å². The van der Waals surface area contributed by atoms with Gasteiger partial charge in [0.2, 0.25) is 0 Å². The van der Waals surface area contributed by atoms with Crippen molar-refractivity contribution < 1.29 is 9.53 Å². The van der Waals surface area contributed by atoms with Crippen LogP contribution in [-0.4, -0.2) is 24.5 Å². The SMILES string of the molecule is C#CCN(C)[C@@H]1CCc2ccc(OC(=O)c3ccccc3)cc21.Cl. The van der Waals surface area contributed by atoms with Crippen molar-refractivity contribution in [1.82, 2.24) is 4.90 Å². The summed E-state index contributed by atoms with van der Waals surface area (Å²) in [6, 6.07) is 15.2. The third kappa shape index (κ3) is 3.79. The van der Waals surface area contributed by atoms with Crippen LogP contribution in [0.2, 0.25) is 0 Å². The maximum absolute atomic E-state index is 12.2. The summed E-state index contributed by atoms with van der Waals surface area (Å²) < 4.78 is 5.52. The Morgan fingerprint density at radius 3 is 2.75 bits per heavy atom. The molecule has 0 saturated carbocycles. The molecule has 1 aliphatic rings. The van der Waals surface area contributed by atoms with Gasteiger partial charge in [0, 0.05) is 6.04 Å². The van der Waals surface area contributed by atoms with Gasteiger partial charge in [0.15, 0.2) is 0 Å². The minimum atomic E-state index is -0.336. The van der Waals surface area contributed by atoms with Crippen molar-refractivity contribution >= 4 is 18.4 Å². The van der Waals surface area contributed by atoms with Crippen LogP contribution < -0.4 is 4.74 Å². The van der Waals surface area contributed by atoms with Crippen molar-refractivity contribution in [2.24, 2.45) is 0 Å². The van der Waals surface area contributed by atoms with Gasteiger partial charge in [-0.2, -0.15) is 0 Å². The largest absolute Gasteiger partial charge is 0.423 e. The summed E-state index contributed by atoms with van der Waals surface area (Å²) in [5.74, 6) is 2.93. The zero-order valence-corrected chi connectivity index (χ0v) is 14.4. The first-order chi connectivity index (χ1) is 11.2. The summed E-state index contributed by atoms with van der Waals surface area (Å²) in [5.41, 5.74) is 3.06. The molecule has 1 aliphatic carbocycles. The Morgan fingerprint density at radius 1 is 1.29 bits per heavy atom. The van der Waals surface area contributed by atoms with Crippen LogP contribution in [0.15, 0.2) is 48.5 Å². The lowest BCUT2D eigenvalue weighted by atomic mass is 10.1. The molecule has 0 heterocycles. The third-order valence-electron chi connectivity index (χ3n) is 4.26. The van der Waals surface area contributed by atoms with E-state index in [-0.39, 0.29) is 24.4 Å². The molecule has 3 rings (SSSR count). The molecule has 0 saturated heterocycles. The highest BCUT2D eigenvalue weighted by Crippen LogP contribution is 2.37. The van der Waals surface area contributed by atoms with Gasteiger partial charge in [-0.15, -0.1) is 18.8 Å². The maximum Gasteiger partial charge on any atom is 0.343 e. The molecule has 2 aromatic carbocycles. The second-order valence-electron chi connectivity index (χ2n) is 5.79. The first-order valence-corrected chi connectivity index (χ1v) is 7.73. The Balaban J connectivity index is 0.00000208. The topological polar surface area (TPSA) is 29.5 Å². The fraction of sp³-hybridized carbons (Fsp3) is 0.250. The number of carbonyl (C=O) groups excluding carboxylic acids is 1. The molecule has 24 heavy (non-hydrogen) atoms. The van der Waals surface area contributed by atoms with Gasteiger partial charge in [-0.3, -0.25) is 4.90 Å². The van der Waals surface area contributed by atoms with Crippen LogP contribution in [0.3, 0.4) is 0 Å². The van der Waals surface area contributed by atoms with Crippen LogP contribution in [0.4, 0.5) is 0 Å². The second kappa shape index (κ2) is 8.01. The minimum absolute atomic E-state index is 0. The normalized spacial score (nSPS) is 15.3. The highest BCUT2D eigenvalue weighted by Gasteiger charge is 2.26. The molecule has 0 amide bonds. The molecule has 2 aromatic rings. The van der Waals surface area contributed by atoms with E-state index >= 15 is 0 Å². The van der Waals surface area contributed by atoms with E-state index in [2.05, 4.69) is 10.8 Å². The molecule has 0 spiro atoms. The number of halogens is 1. The van der Waals surface area contributed by atoms with Gasteiger partial charge in [-0.05, 0) is 55.3 Å². The second-order valence-corrected chi connectivity index (χ2v) is 5.79. The van der Waals surface area contributed by atoms with Gasteiger partial charge in [0.1, 0.15) is 5.75 Å². The lowest BCUT2D eigenvalue weighted by molar-refractivity contribution is 0.0734. The molecular weight excluding hydrogens is 322 g/mol. The van der Waals surface area contributed by atoms with E-state index < -0.39 is 0 Å². The van der Waals surface area contributed by atoms with Crippen molar-refractivity contribution in [3.63, 3.8) is 0 Å². The summed E-state index contributed by atoms with van der Waals surface area (Å²) in [6.45, 7) is 0.609. The van der Waals surface area contributed by atoms with Crippen molar-refractivity contribution in [2.45, 2.75) is 18.9 Å². The molecule has 0 N–H and O–H groups in total. The van der Waals surface area contributed by atoms with Crippen LogP contribution in [0.5, 0.6) is 5.75 Å². The third-order valence-corrected chi connectivity index (χ3v) is 4.26. The fourth-order valence-electron chi connectivity index (χ4n) is 3.07. The maximum atomic E-state index is 12.2. The predicted molar refractivity (Wildman–Crippen MR) is 97.6 cm³/mol. The molecule has 3 nitrogen and oxygen atoms in total. The van der Waals surface area contributed by atoms with Gasteiger partial charge in [0.25, 0.3) is 0 Å². The van der Waals surface area contributed by atoms with E-state index in [9.17, 15) is 4.79 Å². The van der Waals surface area contributed by atoms with Crippen LogP contribution >= 0.6 is 12.4 Å². The predicted octanol–water partition coefficient (Wildman–Crippen LogP) is 3.88. The Labute approximate surface area is 149 Å². The highest BCUT2D eigenvalue weighted by atomic mass is 35.5. The number of hydrogen-bond donors (Lipinski definition) is 0.